The lowest BCUT2D eigenvalue weighted by molar-refractivity contribution is -0.143. The van der Waals surface area contributed by atoms with Gasteiger partial charge in [0, 0.05) is 36.3 Å². The van der Waals surface area contributed by atoms with Gasteiger partial charge in [0.25, 0.3) is 5.91 Å². The number of fused-ring (bicyclic) bond motifs is 2. The summed E-state index contributed by atoms with van der Waals surface area (Å²) in [5.74, 6) is -0.404. The number of hydrogen-bond donors (Lipinski definition) is 1. The Bertz CT molecular complexity index is 1450. The van der Waals surface area contributed by atoms with Gasteiger partial charge in [-0.25, -0.2) is 19.1 Å². The second kappa shape index (κ2) is 9.48. The highest BCUT2D eigenvalue weighted by atomic mass is 19.1. The number of ether oxygens (including phenoxy) is 1. The van der Waals surface area contributed by atoms with Gasteiger partial charge in [-0.2, -0.15) is 0 Å². The molecule has 2 atom stereocenters. The quantitative estimate of drug-likeness (QED) is 0.487. The molecular formula is C30H29FN4O4. The van der Waals surface area contributed by atoms with Crippen molar-refractivity contribution < 1.29 is 23.5 Å². The van der Waals surface area contributed by atoms with E-state index in [1.54, 1.807) is 29.3 Å². The van der Waals surface area contributed by atoms with Gasteiger partial charge in [0.15, 0.2) is 0 Å². The summed E-state index contributed by atoms with van der Waals surface area (Å²) in [7, 11) is 0. The largest absolute Gasteiger partial charge is 0.427 e. The number of nitrogens with two attached hydrogens (primary N) is 1. The fraction of sp³-hybridized carbons (Fsp3) is 0.333. The molecule has 2 aromatic carbocycles. The molecule has 0 unspecified atom stereocenters. The summed E-state index contributed by atoms with van der Waals surface area (Å²) in [5, 5.41) is 0. The van der Waals surface area contributed by atoms with Gasteiger partial charge in [0.1, 0.15) is 18.2 Å². The first kappa shape index (κ1) is 25.0. The van der Waals surface area contributed by atoms with Crippen LogP contribution in [0.3, 0.4) is 0 Å². The van der Waals surface area contributed by atoms with E-state index in [-0.39, 0.29) is 24.3 Å². The number of imide groups is 1. The minimum absolute atomic E-state index is 0.0707. The van der Waals surface area contributed by atoms with Crippen molar-refractivity contribution in [1.29, 1.82) is 0 Å². The SMILES string of the molecule is C[C@@H](C1CC1)N(Cc1ccc(F)cc1)C(=O)CN1C(=O)O[C@@]2(CCc3cc(-c4ccc(N)nc4)ccc32)C1=O. The molecule has 3 amide bonds. The third-order valence-electron chi connectivity index (χ3n) is 8.15. The average molecular weight is 529 g/mol. The van der Waals surface area contributed by atoms with Crippen molar-refractivity contribution in [3.8, 4) is 11.1 Å². The number of nitrogens with zero attached hydrogens (tertiary/aromatic N) is 3. The maximum Gasteiger partial charge on any atom is 0.418 e. The summed E-state index contributed by atoms with van der Waals surface area (Å²) in [6.45, 7) is 1.85. The van der Waals surface area contributed by atoms with Crippen LogP contribution in [-0.4, -0.2) is 45.3 Å². The predicted molar refractivity (Wildman–Crippen MR) is 141 cm³/mol. The van der Waals surface area contributed by atoms with Crippen LogP contribution in [0.2, 0.25) is 0 Å². The number of benzene rings is 2. The molecular weight excluding hydrogens is 499 g/mol. The van der Waals surface area contributed by atoms with E-state index in [9.17, 15) is 18.8 Å². The minimum Gasteiger partial charge on any atom is -0.427 e. The molecule has 2 aliphatic carbocycles. The first-order valence-electron chi connectivity index (χ1n) is 13.2. The summed E-state index contributed by atoms with van der Waals surface area (Å²) in [6.07, 6.45) is 3.80. The van der Waals surface area contributed by atoms with Crippen molar-refractivity contribution in [1.82, 2.24) is 14.8 Å². The molecule has 1 aromatic heterocycles. The first-order chi connectivity index (χ1) is 18.7. The molecule has 1 spiro atoms. The van der Waals surface area contributed by atoms with Crippen molar-refractivity contribution in [3.63, 3.8) is 0 Å². The zero-order valence-electron chi connectivity index (χ0n) is 21.6. The van der Waals surface area contributed by atoms with Crippen molar-refractivity contribution in [2.45, 2.75) is 50.8 Å². The van der Waals surface area contributed by atoms with Gasteiger partial charge in [-0.3, -0.25) is 9.59 Å². The summed E-state index contributed by atoms with van der Waals surface area (Å²) >= 11 is 0. The Balaban J connectivity index is 1.22. The Hall–Kier alpha value is -4.27. The van der Waals surface area contributed by atoms with E-state index in [4.69, 9.17) is 10.5 Å². The van der Waals surface area contributed by atoms with Crippen LogP contribution >= 0.6 is 0 Å². The van der Waals surface area contributed by atoms with E-state index in [0.717, 1.165) is 40.0 Å². The van der Waals surface area contributed by atoms with Crippen LogP contribution in [0.5, 0.6) is 0 Å². The van der Waals surface area contributed by atoms with E-state index < -0.39 is 24.1 Å². The molecule has 1 aliphatic heterocycles. The molecule has 3 aliphatic rings. The number of carbonyl (C=O) groups is 3. The highest BCUT2D eigenvalue weighted by molar-refractivity contribution is 6.06. The monoisotopic (exact) mass is 528 g/mol. The number of anilines is 1. The highest BCUT2D eigenvalue weighted by Crippen LogP contribution is 2.46. The average Bonchev–Trinajstić information content (AvgIpc) is 3.68. The molecule has 9 heteroatoms. The molecule has 2 heterocycles. The van der Waals surface area contributed by atoms with Crippen LogP contribution < -0.4 is 5.73 Å². The van der Waals surface area contributed by atoms with Crippen molar-refractivity contribution in [2.75, 3.05) is 12.3 Å². The number of aromatic nitrogens is 1. The Labute approximate surface area is 225 Å². The fourth-order valence-electron chi connectivity index (χ4n) is 5.71. The van der Waals surface area contributed by atoms with Gasteiger partial charge in [-0.15, -0.1) is 0 Å². The zero-order valence-corrected chi connectivity index (χ0v) is 21.6. The number of nitrogen functional groups attached to an aromatic ring is 1. The fourth-order valence-corrected chi connectivity index (χ4v) is 5.71. The Morgan fingerprint density at radius 3 is 2.59 bits per heavy atom. The second-order valence-electron chi connectivity index (χ2n) is 10.7. The molecule has 200 valence electrons. The van der Waals surface area contributed by atoms with Gasteiger partial charge in [0.2, 0.25) is 11.5 Å². The second-order valence-corrected chi connectivity index (χ2v) is 10.7. The molecule has 8 nitrogen and oxygen atoms in total. The predicted octanol–water partition coefficient (Wildman–Crippen LogP) is 4.42. The lowest BCUT2D eigenvalue weighted by atomic mass is 9.93. The van der Waals surface area contributed by atoms with E-state index in [1.807, 2.05) is 31.2 Å². The molecule has 1 saturated heterocycles. The number of hydrogen-bond acceptors (Lipinski definition) is 6. The maximum absolute atomic E-state index is 13.7. The van der Waals surface area contributed by atoms with Gasteiger partial charge >= 0.3 is 6.09 Å². The molecule has 3 aromatic rings. The number of halogens is 1. The number of pyridine rings is 1. The van der Waals surface area contributed by atoms with Crippen LogP contribution in [0.15, 0.2) is 60.8 Å². The molecule has 2 N–H and O–H groups in total. The third-order valence-corrected chi connectivity index (χ3v) is 8.15. The zero-order chi connectivity index (χ0) is 27.3. The Morgan fingerprint density at radius 1 is 1.15 bits per heavy atom. The molecule has 6 rings (SSSR count). The van der Waals surface area contributed by atoms with Crippen LogP contribution in [0.25, 0.3) is 11.1 Å². The van der Waals surface area contributed by atoms with Crippen LogP contribution in [0.1, 0.15) is 42.9 Å². The van der Waals surface area contributed by atoms with Gasteiger partial charge < -0.3 is 15.4 Å². The normalized spacial score (nSPS) is 20.7. The number of aryl methyl sites for hydroxylation is 1. The standard InChI is InChI=1S/C30H29FN4O4/c1-18(20-4-5-20)34(16-19-2-8-24(31)9-3-19)27(36)17-35-28(37)30(39-29(35)38)13-12-22-14-21(6-10-25(22)30)23-7-11-26(32)33-15-23/h2-3,6-11,14-15,18,20H,4-5,12-13,16-17H2,1H3,(H2,32,33)/t18-,30+/m0/s1. The lowest BCUT2D eigenvalue weighted by Crippen LogP contribution is -2.47. The van der Waals surface area contributed by atoms with Crippen molar-refractivity contribution in [2.24, 2.45) is 5.92 Å². The molecule has 0 bridgehead atoms. The molecule has 1 saturated carbocycles. The molecule has 39 heavy (non-hydrogen) atoms. The molecule has 0 radical (unpaired) electrons. The lowest BCUT2D eigenvalue weighted by Gasteiger charge is -2.30. The number of amides is 3. The first-order valence-corrected chi connectivity index (χ1v) is 13.2. The maximum atomic E-state index is 13.7. The van der Waals surface area contributed by atoms with Crippen LogP contribution in [0.4, 0.5) is 15.0 Å². The van der Waals surface area contributed by atoms with E-state index in [1.165, 1.54) is 12.1 Å². The minimum atomic E-state index is -1.42. The topological polar surface area (TPSA) is 106 Å². The summed E-state index contributed by atoms with van der Waals surface area (Å²) in [4.78, 5) is 47.0. The van der Waals surface area contributed by atoms with Crippen molar-refractivity contribution >= 4 is 23.7 Å². The van der Waals surface area contributed by atoms with Gasteiger partial charge in [-0.1, -0.05) is 30.3 Å². The Morgan fingerprint density at radius 2 is 1.90 bits per heavy atom. The van der Waals surface area contributed by atoms with E-state index in [0.29, 0.717) is 30.1 Å². The third kappa shape index (κ3) is 4.51. The number of rotatable bonds is 7. The van der Waals surface area contributed by atoms with Crippen LogP contribution in [-0.2, 0) is 32.9 Å². The smallest absolute Gasteiger partial charge is 0.418 e. The molecule has 2 fully saturated rings. The van der Waals surface area contributed by atoms with Gasteiger partial charge in [-0.05, 0) is 73.1 Å². The summed E-state index contributed by atoms with van der Waals surface area (Å²) < 4.78 is 19.2. The highest BCUT2D eigenvalue weighted by Gasteiger charge is 2.58. The Kier molecular flexibility index (Phi) is 6.09. The van der Waals surface area contributed by atoms with E-state index >= 15 is 0 Å². The van der Waals surface area contributed by atoms with Crippen LogP contribution in [0, 0.1) is 11.7 Å². The summed E-state index contributed by atoms with van der Waals surface area (Å²) in [5.41, 5.74) is 8.44. The summed E-state index contributed by atoms with van der Waals surface area (Å²) in [6, 6.07) is 15.2. The van der Waals surface area contributed by atoms with Gasteiger partial charge in [0.05, 0.1) is 0 Å². The van der Waals surface area contributed by atoms with E-state index in [2.05, 4.69) is 4.98 Å². The van der Waals surface area contributed by atoms with Crippen molar-refractivity contribution in [3.05, 3.63) is 83.3 Å². The number of carbonyl (C=O) groups excluding carboxylic acids is 3.